The van der Waals surface area contributed by atoms with Gasteiger partial charge in [0.05, 0.1) is 18.2 Å². The average molecular weight is 369 g/mol. The van der Waals surface area contributed by atoms with E-state index in [1.54, 1.807) is 16.5 Å². The molecular formula is C20H23N3O4. The Kier molecular flexibility index (Phi) is 4.59. The smallest absolute Gasteiger partial charge is 0.310 e. The lowest BCUT2D eigenvalue weighted by atomic mass is 9.97. The van der Waals surface area contributed by atoms with Crippen LogP contribution in [-0.2, 0) is 23.2 Å². The molecule has 4 rings (SSSR count). The average Bonchev–Trinajstić information content (AvgIpc) is 3.05. The van der Waals surface area contributed by atoms with E-state index in [4.69, 9.17) is 9.47 Å². The summed E-state index contributed by atoms with van der Waals surface area (Å²) < 4.78 is 12.7. The Morgan fingerprint density at radius 1 is 1.33 bits per heavy atom. The van der Waals surface area contributed by atoms with Crippen LogP contribution in [0.1, 0.15) is 35.8 Å². The van der Waals surface area contributed by atoms with E-state index in [1.807, 2.05) is 31.3 Å². The van der Waals surface area contributed by atoms with Crippen LogP contribution in [0.3, 0.4) is 0 Å². The molecule has 2 aliphatic rings. The van der Waals surface area contributed by atoms with Crippen LogP contribution in [0.5, 0.6) is 5.75 Å². The van der Waals surface area contributed by atoms with Gasteiger partial charge in [0.25, 0.3) is 5.91 Å². The van der Waals surface area contributed by atoms with Gasteiger partial charge in [-0.1, -0.05) is 12.1 Å². The van der Waals surface area contributed by atoms with Gasteiger partial charge in [0, 0.05) is 31.3 Å². The van der Waals surface area contributed by atoms with Crippen LogP contribution in [0.25, 0.3) is 11.3 Å². The number of ether oxygens (including phenoxy) is 2. The summed E-state index contributed by atoms with van der Waals surface area (Å²) in [6, 6.07) is 7.76. The lowest BCUT2D eigenvalue weighted by Gasteiger charge is -2.31. The van der Waals surface area contributed by atoms with E-state index in [9.17, 15) is 9.59 Å². The zero-order valence-electron chi connectivity index (χ0n) is 15.6. The van der Waals surface area contributed by atoms with Crippen LogP contribution >= 0.6 is 0 Å². The molecule has 1 amide bonds. The summed E-state index contributed by atoms with van der Waals surface area (Å²) in [6.45, 7) is 3.46. The number of rotatable bonds is 3. The summed E-state index contributed by atoms with van der Waals surface area (Å²) in [6.07, 6.45) is 1.53. The van der Waals surface area contributed by atoms with E-state index in [0.29, 0.717) is 32.0 Å². The molecule has 27 heavy (non-hydrogen) atoms. The first-order valence-electron chi connectivity index (χ1n) is 9.34. The van der Waals surface area contributed by atoms with Crippen molar-refractivity contribution in [3.05, 3.63) is 35.5 Å². The highest BCUT2D eigenvalue weighted by Gasteiger charge is 2.34. The number of aryl methyl sites for hydroxylation is 1. The van der Waals surface area contributed by atoms with Gasteiger partial charge in [-0.05, 0) is 31.9 Å². The third-order valence-corrected chi connectivity index (χ3v) is 5.19. The Labute approximate surface area is 157 Å². The van der Waals surface area contributed by atoms with E-state index >= 15 is 0 Å². The van der Waals surface area contributed by atoms with Gasteiger partial charge in [0.2, 0.25) is 0 Å². The molecule has 142 valence electrons. The van der Waals surface area contributed by atoms with Gasteiger partial charge in [0.1, 0.15) is 12.4 Å². The number of para-hydroxylation sites is 1. The van der Waals surface area contributed by atoms with Crippen molar-refractivity contribution in [2.45, 2.75) is 26.4 Å². The van der Waals surface area contributed by atoms with Crippen molar-refractivity contribution in [2.24, 2.45) is 13.0 Å². The minimum atomic E-state index is -0.265. The number of esters is 1. The quantitative estimate of drug-likeness (QED) is 0.777. The largest absolute Gasteiger partial charge is 0.488 e. The van der Waals surface area contributed by atoms with Crippen LogP contribution in [0, 0.1) is 5.92 Å². The van der Waals surface area contributed by atoms with Gasteiger partial charge in [-0.15, -0.1) is 0 Å². The van der Waals surface area contributed by atoms with Crippen LogP contribution < -0.4 is 4.74 Å². The second-order valence-corrected chi connectivity index (χ2v) is 6.93. The number of benzene rings is 1. The minimum absolute atomic E-state index is 0.149. The van der Waals surface area contributed by atoms with E-state index in [1.165, 1.54) is 0 Å². The first-order valence-corrected chi connectivity index (χ1v) is 9.34. The Hall–Kier alpha value is -2.83. The maximum atomic E-state index is 13.2. The van der Waals surface area contributed by atoms with E-state index in [0.717, 1.165) is 35.4 Å². The van der Waals surface area contributed by atoms with Crippen LogP contribution in [0.4, 0.5) is 0 Å². The van der Waals surface area contributed by atoms with E-state index in [2.05, 4.69) is 5.10 Å². The summed E-state index contributed by atoms with van der Waals surface area (Å²) >= 11 is 0. The number of hydrogen-bond acceptors (Lipinski definition) is 5. The van der Waals surface area contributed by atoms with Gasteiger partial charge in [-0.25, -0.2) is 0 Å². The van der Waals surface area contributed by atoms with Crippen LogP contribution in [-0.4, -0.2) is 46.3 Å². The number of hydrogen-bond donors (Lipinski definition) is 0. The highest BCUT2D eigenvalue weighted by molar-refractivity contribution is 5.96. The molecule has 0 N–H and O–H groups in total. The molecule has 0 bridgehead atoms. The SMILES string of the molecule is CCOC(=O)C1CCCN(C(=O)c2nn(C)c3c2COc2ccccc2-3)C1. The van der Waals surface area contributed by atoms with Crippen molar-refractivity contribution in [2.75, 3.05) is 19.7 Å². The number of piperidine rings is 1. The van der Waals surface area contributed by atoms with Gasteiger partial charge >= 0.3 is 5.97 Å². The standard InChI is InChI=1S/C20H23N3O4/c1-3-26-20(25)13-7-6-10-23(11-13)19(24)17-15-12-27-16-9-5-4-8-14(16)18(15)22(2)21-17/h4-5,8-9,13H,3,6-7,10-12H2,1-2H3. The summed E-state index contributed by atoms with van der Waals surface area (Å²) in [5.41, 5.74) is 3.07. The number of amides is 1. The maximum absolute atomic E-state index is 13.2. The second kappa shape index (κ2) is 7.06. The second-order valence-electron chi connectivity index (χ2n) is 6.93. The lowest BCUT2D eigenvalue weighted by Crippen LogP contribution is -2.43. The molecular weight excluding hydrogens is 346 g/mol. The molecule has 1 unspecified atom stereocenters. The fourth-order valence-electron chi connectivity index (χ4n) is 3.92. The zero-order valence-corrected chi connectivity index (χ0v) is 15.6. The number of aromatic nitrogens is 2. The number of likely N-dealkylation sites (tertiary alicyclic amines) is 1. The third-order valence-electron chi connectivity index (χ3n) is 5.19. The highest BCUT2D eigenvalue weighted by Crippen LogP contribution is 2.38. The molecule has 1 aromatic heterocycles. The maximum Gasteiger partial charge on any atom is 0.310 e. The fourth-order valence-corrected chi connectivity index (χ4v) is 3.92. The summed E-state index contributed by atoms with van der Waals surface area (Å²) in [5, 5.41) is 4.50. The Balaban J connectivity index is 1.62. The molecule has 0 radical (unpaired) electrons. The highest BCUT2D eigenvalue weighted by atomic mass is 16.5. The van der Waals surface area contributed by atoms with Crippen molar-refractivity contribution in [1.29, 1.82) is 0 Å². The topological polar surface area (TPSA) is 73.7 Å². The molecule has 0 saturated carbocycles. The molecule has 1 saturated heterocycles. The molecule has 2 aliphatic heterocycles. The van der Waals surface area contributed by atoms with Crippen molar-refractivity contribution < 1.29 is 19.1 Å². The van der Waals surface area contributed by atoms with Gasteiger partial charge in [-0.2, -0.15) is 5.10 Å². The van der Waals surface area contributed by atoms with Crippen molar-refractivity contribution in [3.8, 4) is 17.0 Å². The molecule has 0 spiro atoms. The number of fused-ring (bicyclic) bond motifs is 3. The molecule has 7 nitrogen and oxygen atoms in total. The molecule has 1 fully saturated rings. The Bertz CT molecular complexity index is 889. The van der Waals surface area contributed by atoms with Gasteiger partial charge in [0.15, 0.2) is 5.69 Å². The predicted molar refractivity (Wildman–Crippen MR) is 98.2 cm³/mol. The van der Waals surface area contributed by atoms with Gasteiger partial charge in [-0.3, -0.25) is 14.3 Å². The Morgan fingerprint density at radius 2 is 2.15 bits per heavy atom. The minimum Gasteiger partial charge on any atom is -0.488 e. The van der Waals surface area contributed by atoms with Crippen LogP contribution in [0.15, 0.2) is 24.3 Å². The molecule has 2 aromatic rings. The summed E-state index contributed by atoms with van der Waals surface area (Å²) in [7, 11) is 1.84. The number of carbonyl (C=O) groups is 2. The molecule has 1 atom stereocenters. The van der Waals surface area contributed by atoms with E-state index in [-0.39, 0.29) is 17.8 Å². The Morgan fingerprint density at radius 3 is 2.96 bits per heavy atom. The molecule has 0 aliphatic carbocycles. The monoisotopic (exact) mass is 369 g/mol. The normalized spacial score (nSPS) is 18.3. The van der Waals surface area contributed by atoms with E-state index < -0.39 is 0 Å². The lowest BCUT2D eigenvalue weighted by molar-refractivity contribution is -0.149. The number of nitrogens with zero attached hydrogens (tertiary/aromatic N) is 3. The van der Waals surface area contributed by atoms with Crippen molar-refractivity contribution in [3.63, 3.8) is 0 Å². The van der Waals surface area contributed by atoms with Crippen molar-refractivity contribution >= 4 is 11.9 Å². The molecule has 7 heteroatoms. The fraction of sp³-hybridized carbons (Fsp3) is 0.450. The molecule has 3 heterocycles. The van der Waals surface area contributed by atoms with Crippen molar-refractivity contribution in [1.82, 2.24) is 14.7 Å². The first kappa shape index (κ1) is 17.6. The summed E-state index contributed by atoms with van der Waals surface area (Å²) in [4.78, 5) is 27.0. The van der Waals surface area contributed by atoms with Crippen LogP contribution in [0.2, 0.25) is 0 Å². The third kappa shape index (κ3) is 3.07. The van der Waals surface area contributed by atoms with Gasteiger partial charge < -0.3 is 14.4 Å². The number of carbonyl (C=O) groups excluding carboxylic acids is 2. The molecule has 1 aromatic carbocycles. The first-order chi connectivity index (χ1) is 13.1. The zero-order chi connectivity index (χ0) is 19.0. The summed E-state index contributed by atoms with van der Waals surface area (Å²) in [5.74, 6) is 0.158. The predicted octanol–water partition coefficient (Wildman–Crippen LogP) is 2.39.